The molecule has 4 rings (SSSR count). The second-order valence-corrected chi connectivity index (χ2v) is 10.3. The number of rotatable bonds is 8. The average Bonchev–Trinajstić information content (AvgIpc) is 2.82. The summed E-state index contributed by atoms with van der Waals surface area (Å²) in [6.07, 6.45) is 0. The molecule has 4 nitrogen and oxygen atoms in total. The molecule has 0 saturated heterocycles. The summed E-state index contributed by atoms with van der Waals surface area (Å²) in [6.45, 7) is 0.712. The summed E-state index contributed by atoms with van der Waals surface area (Å²) in [5, 5.41) is 4.86. The first-order valence-corrected chi connectivity index (χ1v) is 12.0. The molecule has 4 aromatic carbocycles. The number of hydrogen-bond donors (Lipinski definition) is 0. The lowest BCUT2D eigenvalue weighted by atomic mass is 10.0. The number of fused-ring (bicyclic) bond motifs is 2. The van der Waals surface area contributed by atoms with E-state index in [1.54, 1.807) is 21.3 Å². The van der Waals surface area contributed by atoms with Gasteiger partial charge in [-0.2, -0.15) is 0 Å². The van der Waals surface area contributed by atoms with E-state index < -0.39 is 8.80 Å². The molecule has 4 aromatic rings. The van der Waals surface area contributed by atoms with Crippen LogP contribution in [0.4, 0.5) is 11.4 Å². The molecule has 5 heteroatoms. The van der Waals surface area contributed by atoms with Gasteiger partial charge in [0.2, 0.25) is 0 Å². The Kier molecular flexibility index (Phi) is 6.15. The SMILES string of the molecule is CO[Si](CCN(c1cccc2ccccc12)c1cccc2ccccc12)(OC)OC. The zero-order chi connectivity index (χ0) is 21.0. The lowest BCUT2D eigenvalue weighted by Crippen LogP contribution is -2.45. The minimum absolute atomic E-state index is 0.670. The summed E-state index contributed by atoms with van der Waals surface area (Å²) in [5.74, 6) is 0. The third-order valence-corrected chi connectivity index (χ3v) is 8.39. The van der Waals surface area contributed by atoms with E-state index in [1.165, 1.54) is 21.5 Å². The highest BCUT2D eigenvalue weighted by Crippen LogP contribution is 2.37. The van der Waals surface area contributed by atoms with Gasteiger partial charge >= 0.3 is 8.80 Å². The third-order valence-electron chi connectivity index (χ3n) is 5.69. The fourth-order valence-corrected chi connectivity index (χ4v) is 5.67. The summed E-state index contributed by atoms with van der Waals surface area (Å²) >= 11 is 0. The topological polar surface area (TPSA) is 30.9 Å². The van der Waals surface area contributed by atoms with Crippen LogP contribution in [0.3, 0.4) is 0 Å². The highest BCUT2D eigenvalue weighted by Gasteiger charge is 2.38. The average molecular weight is 418 g/mol. The van der Waals surface area contributed by atoms with Gasteiger partial charge in [0.25, 0.3) is 0 Å². The first-order chi connectivity index (χ1) is 14.7. The van der Waals surface area contributed by atoms with Crippen molar-refractivity contribution in [2.45, 2.75) is 6.04 Å². The molecule has 0 spiro atoms. The Balaban J connectivity index is 1.87. The van der Waals surface area contributed by atoms with Gasteiger partial charge in [0.05, 0.1) is 0 Å². The summed E-state index contributed by atoms with van der Waals surface area (Å²) in [4.78, 5) is 2.36. The van der Waals surface area contributed by atoms with Gasteiger partial charge in [-0.15, -0.1) is 0 Å². The second kappa shape index (κ2) is 8.98. The quantitative estimate of drug-likeness (QED) is 0.329. The van der Waals surface area contributed by atoms with E-state index in [0.717, 1.165) is 11.4 Å². The van der Waals surface area contributed by atoms with Crippen LogP contribution in [0.1, 0.15) is 0 Å². The maximum Gasteiger partial charge on any atom is 0.501 e. The van der Waals surface area contributed by atoms with E-state index in [0.29, 0.717) is 12.6 Å². The normalized spacial score (nSPS) is 11.8. The van der Waals surface area contributed by atoms with Crippen LogP contribution in [0.25, 0.3) is 21.5 Å². The molecule has 30 heavy (non-hydrogen) atoms. The van der Waals surface area contributed by atoms with Crippen LogP contribution in [0.15, 0.2) is 84.9 Å². The molecule has 0 aromatic heterocycles. The maximum atomic E-state index is 5.70. The van der Waals surface area contributed by atoms with Gasteiger partial charge in [0.1, 0.15) is 0 Å². The van der Waals surface area contributed by atoms with Crippen LogP contribution >= 0.6 is 0 Å². The maximum absolute atomic E-state index is 5.70. The molecule has 154 valence electrons. The van der Waals surface area contributed by atoms with Gasteiger partial charge in [0, 0.05) is 56.1 Å². The van der Waals surface area contributed by atoms with Crippen LogP contribution in [0.2, 0.25) is 6.04 Å². The Morgan fingerprint density at radius 3 is 1.50 bits per heavy atom. The van der Waals surface area contributed by atoms with E-state index in [9.17, 15) is 0 Å². The zero-order valence-electron chi connectivity index (χ0n) is 17.7. The van der Waals surface area contributed by atoms with E-state index in [1.807, 2.05) is 0 Å². The van der Waals surface area contributed by atoms with Crippen LogP contribution in [0, 0.1) is 0 Å². The fourth-order valence-electron chi connectivity index (χ4n) is 4.06. The monoisotopic (exact) mass is 417 g/mol. The van der Waals surface area contributed by atoms with Crippen molar-refractivity contribution in [3.05, 3.63) is 84.9 Å². The van der Waals surface area contributed by atoms with E-state index in [4.69, 9.17) is 13.3 Å². The van der Waals surface area contributed by atoms with Crippen molar-refractivity contribution in [1.29, 1.82) is 0 Å². The van der Waals surface area contributed by atoms with Crippen molar-refractivity contribution in [1.82, 2.24) is 0 Å². The summed E-state index contributed by atoms with van der Waals surface area (Å²) in [5.41, 5.74) is 2.33. The number of anilines is 2. The number of nitrogens with zero attached hydrogens (tertiary/aromatic N) is 1. The molecule has 0 aliphatic heterocycles. The molecule has 0 aliphatic rings. The lowest BCUT2D eigenvalue weighted by Gasteiger charge is -2.31. The van der Waals surface area contributed by atoms with Crippen LogP contribution in [0.5, 0.6) is 0 Å². The Morgan fingerprint density at radius 1 is 0.600 bits per heavy atom. The van der Waals surface area contributed by atoms with Gasteiger partial charge in [-0.25, -0.2) is 0 Å². The van der Waals surface area contributed by atoms with Gasteiger partial charge in [0.15, 0.2) is 0 Å². The molecule has 0 fully saturated rings. The smallest absolute Gasteiger partial charge is 0.377 e. The largest absolute Gasteiger partial charge is 0.501 e. The molecule has 0 atom stereocenters. The van der Waals surface area contributed by atoms with Crippen LogP contribution in [-0.4, -0.2) is 36.7 Å². The van der Waals surface area contributed by atoms with Crippen LogP contribution < -0.4 is 4.90 Å². The first-order valence-electron chi connectivity index (χ1n) is 10.1. The van der Waals surface area contributed by atoms with Crippen molar-refractivity contribution in [3.63, 3.8) is 0 Å². The summed E-state index contributed by atoms with van der Waals surface area (Å²) in [6, 6.07) is 30.5. The molecular formula is C25H27NO3Si. The Hall–Kier alpha value is -2.70. The fraction of sp³-hybridized carbons (Fsp3) is 0.200. The van der Waals surface area contributed by atoms with E-state index >= 15 is 0 Å². The minimum Gasteiger partial charge on any atom is -0.377 e. The van der Waals surface area contributed by atoms with Crippen molar-refractivity contribution in [2.24, 2.45) is 0 Å². The van der Waals surface area contributed by atoms with Crippen molar-refractivity contribution < 1.29 is 13.3 Å². The Morgan fingerprint density at radius 2 is 1.03 bits per heavy atom. The molecule has 0 radical (unpaired) electrons. The van der Waals surface area contributed by atoms with Gasteiger partial charge in [-0.05, 0) is 22.9 Å². The van der Waals surface area contributed by atoms with Gasteiger partial charge in [-0.1, -0.05) is 72.8 Å². The number of benzene rings is 4. The number of hydrogen-bond acceptors (Lipinski definition) is 4. The summed E-state index contributed by atoms with van der Waals surface area (Å²) < 4.78 is 17.1. The molecule has 0 saturated carbocycles. The standard InChI is InChI=1S/C25H27NO3Si/c1-27-30(28-2,29-3)19-18-26(24-16-8-12-20-10-4-6-14-22(20)24)25-17-9-13-21-11-5-7-15-23(21)25/h4-17H,18-19H2,1-3H3. The molecule has 0 unspecified atom stereocenters. The second-order valence-electron chi connectivity index (χ2n) is 7.19. The lowest BCUT2D eigenvalue weighted by molar-refractivity contribution is 0.124. The molecule has 0 aliphatic carbocycles. The highest BCUT2D eigenvalue weighted by molar-refractivity contribution is 6.60. The van der Waals surface area contributed by atoms with E-state index in [-0.39, 0.29) is 0 Å². The van der Waals surface area contributed by atoms with Crippen molar-refractivity contribution >= 4 is 41.7 Å². The molecular weight excluding hydrogens is 390 g/mol. The first kappa shape index (κ1) is 20.6. The van der Waals surface area contributed by atoms with Crippen molar-refractivity contribution in [3.8, 4) is 0 Å². The molecule has 0 N–H and O–H groups in total. The Labute approximate surface area is 179 Å². The van der Waals surface area contributed by atoms with Gasteiger partial charge in [-0.3, -0.25) is 0 Å². The summed E-state index contributed by atoms with van der Waals surface area (Å²) in [7, 11) is 2.28. The Bertz CT molecular complexity index is 1050. The highest BCUT2D eigenvalue weighted by atomic mass is 28.4. The van der Waals surface area contributed by atoms with E-state index in [2.05, 4.69) is 89.8 Å². The zero-order valence-corrected chi connectivity index (χ0v) is 18.7. The van der Waals surface area contributed by atoms with Crippen LogP contribution in [-0.2, 0) is 13.3 Å². The predicted molar refractivity (Wildman–Crippen MR) is 126 cm³/mol. The predicted octanol–water partition coefficient (Wildman–Crippen LogP) is 6.01. The molecule has 0 amide bonds. The molecule has 0 bridgehead atoms. The van der Waals surface area contributed by atoms with Crippen molar-refractivity contribution in [2.75, 3.05) is 32.8 Å². The minimum atomic E-state index is -2.72. The van der Waals surface area contributed by atoms with Gasteiger partial charge < -0.3 is 18.2 Å². The third kappa shape index (κ3) is 3.85. The molecule has 0 heterocycles.